The molecule has 0 saturated heterocycles. The van der Waals surface area contributed by atoms with Crippen molar-refractivity contribution in [3.05, 3.63) is 0 Å². The Labute approximate surface area is 97.2 Å². The van der Waals surface area contributed by atoms with Crippen LogP contribution in [0.5, 0.6) is 0 Å². The van der Waals surface area contributed by atoms with Gasteiger partial charge in [-0.3, -0.25) is 4.79 Å². The normalized spacial score (nSPS) is 14.2. The lowest BCUT2D eigenvalue weighted by molar-refractivity contribution is -0.123. The first-order chi connectivity index (χ1) is 7.18. The first-order valence-corrected chi connectivity index (χ1v) is 6.73. The topological polar surface area (TPSA) is 92.5 Å². The maximum Gasteiger partial charge on any atom is 0.237 e. The molecular weight excluding hydrogens is 230 g/mol. The number of sulfonamides is 1. The molecule has 3 N–H and O–H groups in total. The van der Waals surface area contributed by atoms with Crippen LogP contribution in [0, 0.1) is 5.92 Å². The highest BCUT2D eigenvalue weighted by molar-refractivity contribution is 7.89. The summed E-state index contributed by atoms with van der Waals surface area (Å²) in [5.41, 5.74) is 5.60. The SMILES string of the molecule is CC(C)[C@@H](N)C(=O)NCCS(=O)(=O)N(C)C. The van der Waals surface area contributed by atoms with E-state index < -0.39 is 16.1 Å². The molecular formula is C9H21N3O3S. The Morgan fingerprint density at radius 1 is 1.38 bits per heavy atom. The molecule has 0 bridgehead atoms. The second-order valence-electron chi connectivity index (χ2n) is 4.16. The third-order valence-electron chi connectivity index (χ3n) is 2.24. The van der Waals surface area contributed by atoms with E-state index in [1.165, 1.54) is 14.1 Å². The summed E-state index contributed by atoms with van der Waals surface area (Å²) in [5, 5.41) is 2.50. The van der Waals surface area contributed by atoms with Crippen molar-refractivity contribution in [1.82, 2.24) is 9.62 Å². The summed E-state index contributed by atoms with van der Waals surface area (Å²) in [7, 11) is -0.351. The van der Waals surface area contributed by atoms with Crippen molar-refractivity contribution in [1.29, 1.82) is 0 Å². The number of carbonyl (C=O) groups excluding carboxylic acids is 1. The Kier molecular flexibility index (Phi) is 5.91. The lowest BCUT2D eigenvalue weighted by atomic mass is 10.1. The van der Waals surface area contributed by atoms with Crippen molar-refractivity contribution in [3.63, 3.8) is 0 Å². The molecule has 0 aliphatic rings. The molecule has 7 heteroatoms. The van der Waals surface area contributed by atoms with Crippen LogP contribution in [0.3, 0.4) is 0 Å². The van der Waals surface area contributed by atoms with Gasteiger partial charge < -0.3 is 11.1 Å². The fourth-order valence-corrected chi connectivity index (χ4v) is 1.63. The van der Waals surface area contributed by atoms with E-state index in [4.69, 9.17) is 5.73 Å². The molecule has 0 saturated carbocycles. The molecule has 0 rings (SSSR count). The van der Waals surface area contributed by atoms with E-state index in [1.807, 2.05) is 13.8 Å². The van der Waals surface area contributed by atoms with Gasteiger partial charge >= 0.3 is 0 Å². The second-order valence-corrected chi connectivity index (χ2v) is 6.46. The summed E-state index contributed by atoms with van der Waals surface area (Å²) in [5.74, 6) is -0.397. The Morgan fingerprint density at radius 2 is 1.88 bits per heavy atom. The molecule has 96 valence electrons. The van der Waals surface area contributed by atoms with Gasteiger partial charge in [-0.05, 0) is 5.92 Å². The molecule has 0 radical (unpaired) electrons. The lowest BCUT2D eigenvalue weighted by Gasteiger charge is -2.16. The first-order valence-electron chi connectivity index (χ1n) is 5.12. The molecule has 0 spiro atoms. The van der Waals surface area contributed by atoms with Gasteiger partial charge in [0.1, 0.15) is 0 Å². The van der Waals surface area contributed by atoms with Crippen molar-refractivity contribution in [2.75, 3.05) is 26.4 Å². The van der Waals surface area contributed by atoms with E-state index in [1.54, 1.807) is 0 Å². The van der Waals surface area contributed by atoms with Gasteiger partial charge in [0, 0.05) is 20.6 Å². The summed E-state index contributed by atoms with van der Waals surface area (Å²) >= 11 is 0. The van der Waals surface area contributed by atoms with Gasteiger partial charge in [0.05, 0.1) is 11.8 Å². The number of carbonyl (C=O) groups is 1. The number of nitrogens with two attached hydrogens (primary N) is 1. The van der Waals surface area contributed by atoms with Crippen LogP contribution < -0.4 is 11.1 Å². The van der Waals surface area contributed by atoms with Gasteiger partial charge in [-0.1, -0.05) is 13.8 Å². The molecule has 0 aromatic carbocycles. The zero-order valence-electron chi connectivity index (χ0n) is 10.2. The molecule has 0 heterocycles. The van der Waals surface area contributed by atoms with Crippen molar-refractivity contribution in [2.24, 2.45) is 11.7 Å². The minimum atomic E-state index is -3.26. The van der Waals surface area contributed by atoms with Gasteiger partial charge in [0.25, 0.3) is 0 Å². The molecule has 1 amide bonds. The maximum atomic E-state index is 11.4. The van der Waals surface area contributed by atoms with Crippen LogP contribution >= 0.6 is 0 Å². The fourth-order valence-electron chi connectivity index (χ4n) is 0.906. The molecule has 1 atom stereocenters. The Morgan fingerprint density at radius 3 is 2.25 bits per heavy atom. The molecule has 0 aromatic rings. The monoisotopic (exact) mass is 251 g/mol. The van der Waals surface area contributed by atoms with Crippen LogP contribution in [0.2, 0.25) is 0 Å². The smallest absolute Gasteiger partial charge is 0.237 e. The maximum absolute atomic E-state index is 11.4. The third kappa shape index (κ3) is 4.91. The first kappa shape index (κ1) is 15.3. The van der Waals surface area contributed by atoms with Crippen LogP contribution in [0.1, 0.15) is 13.8 Å². The van der Waals surface area contributed by atoms with Gasteiger partial charge in [-0.2, -0.15) is 0 Å². The molecule has 0 aliphatic carbocycles. The highest BCUT2D eigenvalue weighted by Gasteiger charge is 2.18. The third-order valence-corrected chi connectivity index (χ3v) is 4.07. The molecule has 0 aliphatic heterocycles. The number of hydrogen-bond acceptors (Lipinski definition) is 4. The highest BCUT2D eigenvalue weighted by Crippen LogP contribution is 1.98. The molecule has 0 unspecified atom stereocenters. The van der Waals surface area contributed by atoms with Crippen molar-refractivity contribution in [3.8, 4) is 0 Å². The van der Waals surface area contributed by atoms with Crippen LogP contribution in [-0.4, -0.2) is 51.1 Å². The van der Waals surface area contributed by atoms with Gasteiger partial charge in [0.2, 0.25) is 15.9 Å². The average Bonchev–Trinajstić information content (AvgIpc) is 2.15. The van der Waals surface area contributed by atoms with Gasteiger partial charge in [0.15, 0.2) is 0 Å². The zero-order valence-corrected chi connectivity index (χ0v) is 11.0. The highest BCUT2D eigenvalue weighted by atomic mass is 32.2. The number of nitrogens with one attached hydrogen (secondary N) is 1. The number of hydrogen-bond donors (Lipinski definition) is 2. The molecule has 16 heavy (non-hydrogen) atoms. The number of nitrogens with zero attached hydrogens (tertiary/aromatic N) is 1. The van der Waals surface area contributed by atoms with Gasteiger partial charge in [-0.15, -0.1) is 0 Å². The van der Waals surface area contributed by atoms with E-state index in [9.17, 15) is 13.2 Å². The van der Waals surface area contributed by atoms with E-state index >= 15 is 0 Å². The summed E-state index contributed by atoms with van der Waals surface area (Å²) in [6.45, 7) is 3.75. The molecule has 0 fully saturated rings. The minimum absolute atomic E-state index is 0.0328. The van der Waals surface area contributed by atoms with Crippen molar-refractivity contribution in [2.45, 2.75) is 19.9 Å². The number of rotatable bonds is 6. The van der Waals surface area contributed by atoms with Crippen LogP contribution in [-0.2, 0) is 14.8 Å². The second kappa shape index (κ2) is 6.17. The predicted molar refractivity (Wildman–Crippen MR) is 63.3 cm³/mol. The average molecular weight is 251 g/mol. The van der Waals surface area contributed by atoms with E-state index in [-0.39, 0.29) is 24.1 Å². The van der Waals surface area contributed by atoms with Gasteiger partial charge in [-0.25, -0.2) is 12.7 Å². The summed E-state index contributed by atoms with van der Waals surface area (Å²) in [6.07, 6.45) is 0. The fraction of sp³-hybridized carbons (Fsp3) is 0.889. The molecule has 0 aromatic heterocycles. The van der Waals surface area contributed by atoms with Crippen molar-refractivity contribution >= 4 is 15.9 Å². The minimum Gasteiger partial charge on any atom is -0.354 e. The van der Waals surface area contributed by atoms with Crippen LogP contribution in [0.4, 0.5) is 0 Å². The Bertz CT molecular complexity index is 325. The quantitative estimate of drug-likeness (QED) is 0.632. The molecule has 6 nitrogen and oxygen atoms in total. The Hall–Kier alpha value is -0.660. The van der Waals surface area contributed by atoms with E-state index in [0.717, 1.165) is 4.31 Å². The largest absolute Gasteiger partial charge is 0.354 e. The zero-order chi connectivity index (χ0) is 12.9. The number of amides is 1. The van der Waals surface area contributed by atoms with Crippen LogP contribution in [0.15, 0.2) is 0 Å². The van der Waals surface area contributed by atoms with E-state index in [0.29, 0.717) is 0 Å². The van der Waals surface area contributed by atoms with E-state index in [2.05, 4.69) is 5.32 Å². The summed E-state index contributed by atoms with van der Waals surface area (Å²) in [4.78, 5) is 11.4. The standard InChI is InChI=1S/C9H21N3O3S/c1-7(2)8(10)9(13)11-5-6-16(14,15)12(3)4/h7-8H,5-6,10H2,1-4H3,(H,11,13)/t8-/m1/s1. The van der Waals surface area contributed by atoms with Crippen molar-refractivity contribution < 1.29 is 13.2 Å². The van der Waals surface area contributed by atoms with Crippen LogP contribution in [0.25, 0.3) is 0 Å². The predicted octanol–water partition coefficient (Wildman–Crippen LogP) is -1.02. The summed E-state index contributed by atoms with van der Waals surface area (Å²) in [6, 6.07) is -0.595. The Balaban J connectivity index is 4.06. The lowest BCUT2D eigenvalue weighted by Crippen LogP contribution is -2.45. The summed E-state index contributed by atoms with van der Waals surface area (Å²) < 4.78 is 23.8.